The van der Waals surface area contributed by atoms with Gasteiger partial charge in [0.25, 0.3) is 0 Å². The highest BCUT2D eigenvalue weighted by Gasteiger charge is 2.17. The van der Waals surface area contributed by atoms with E-state index in [1.807, 2.05) is 0 Å². The van der Waals surface area contributed by atoms with Gasteiger partial charge >= 0.3 is 0 Å². The SMILES string of the molecule is CSC(C)(C)Cn1[nH]nnc1=S. The van der Waals surface area contributed by atoms with Crippen molar-refractivity contribution < 1.29 is 0 Å². The first-order valence-corrected chi connectivity index (χ1v) is 5.21. The molecule has 0 aliphatic heterocycles. The molecule has 1 aromatic heterocycles. The highest BCUT2D eigenvalue weighted by molar-refractivity contribution is 7.99. The molecule has 12 heavy (non-hydrogen) atoms. The molecule has 0 amide bonds. The number of hydrogen-bond acceptors (Lipinski definition) is 4. The van der Waals surface area contributed by atoms with Crippen LogP contribution in [0.1, 0.15) is 13.8 Å². The van der Waals surface area contributed by atoms with E-state index in [0.29, 0.717) is 4.77 Å². The summed E-state index contributed by atoms with van der Waals surface area (Å²) >= 11 is 6.74. The fourth-order valence-electron chi connectivity index (χ4n) is 0.764. The van der Waals surface area contributed by atoms with Crippen LogP contribution in [0.25, 0.3) is 0 Å². The van der Waals surface area contributed by atoms with Gasteiger partial charge < -0.3 is 0 Å². The van der Waals surface area contributed by atoms with Crippen molar-refractivity contribution in [2.45, 2.75) is 25.1 Å². The number of nitrogens with one attached hydrogen (secondary N) is 1. The monoisotopic (exact) mass is 204 g/mol. The van der Waals surface area contributed by atoms with Gasteiger partial charge in [0.2, 0.25) is 4.77 Å². The quantitative estimate of drug-likeness (QED) is 0.758. The molecule has 0 saturated carbocycles. The van der Waals surface area contributed by atoms with Gasteiger partial charge in [-0.15, -0.1) is 0 Å². The second-order valence-electron chi connectivity index (χ2n) is 3.13. The van der Waals surface area contributed by atoms with Crippen LogP contribution in [-0.4, -0.2) is 31.2 Å². The number of aromatic nitrogens is 4. The summed E-state index contributed by atoms with van der Waals surface area (Å²) in [6.45, 7) is 5.11. The molecule has 1 heterocycles. The fraction of sp³-hybridized carbons (Fsp3) is 0.833. The molecular weight excluding hydrogens is 192 g/mol. The van der Waals surface area contributed by atoms with Crippen molar-refractivity contribution in [3.05, 3.63) is 4.77 Å². The van der Waals surface area contributed by atoms with Gasteiger partial charge in [0.15, 0.2) is 0 Å². The lowest BCUT2D eigenvalue weighted by Crippen LogP contribution is -2.23. The van der Waals surface area contributed by atoms with Gasteiger partial charge in [-0.1, -0.05) is 10.3 Å². The Balaban J connectivity index is 2.77. The Morgan fingerprint density at radius 3 is 2.75 bits per heavy atom. The van der Waals surface area contributed by atoms with Gasteiger partial charge in [0, 0.05) is 4.75 Å². The van der Waals surface area contributed by atoms with Gasteiger partial charge in [-0.05, 0) is 32.3 Å². The summed E-state index contributed by atoms with van der Waals surface area (Å²) in [5, 5.41) is 10.0. The van der Waals surface area contributed by atoms with Crippen molar-refractivity contribution >= 4 is 24.0 Å². The second kappa shape index (κ2) is 3.57. The molecule has 0 spiro atoms. The van der Waals surface area contributed by atoms with Crippen LogP contribution >= 0.6 is 24.0 Å². The molecule has 0 fully saturated rings. The third-order valence-corrected chi connectivity index (χ3v) is 3.16. The number of thioether (sulfide) groups is 1. The largest absolute Gasteiger partial charge is 0.241 e. The Labute approximate surface area is 80.7 Å². The van der Waals surface area contributed by atoms with Crippen molar-refractivity contribution in [1.29, 1.82) is 0 Å². The Morgan fingerprint density at radius 2 is 2.33 bits per heavy atom. The molecule has 1 rings (SSSR count). The van der Waals surface area contributed by atoms with Gasteiger partial charge in [-0.25, -0.2) is 4.68 Å². The molecule has 0 radical (unpaired) electrons. The molecule has 4 nitrogen and oxygen atoms in total. The molecule has 0 atom stereocenters. The van der Waals surface area contributed by atoms with E-state index in [2.05, 4.69) is 35.6 Å². The van der Waals surface area contributed by atoms with Crippen molar-refractivity contribution in [3.63, 3.8) is 0 Å². The average molecular weight is 204 g/mol. The van der Waals surface area contributed by atoms with E-state index in [1.54, 1.807) is 16.4 Å². The van der Waals surface area contributed by atoms with Gasteiger partial charge in [0.1, 0.15) is 0 Å². The first-order valence-electron chi connectivity index (χ1n) is 3.58. The van der Waals surface area contributed by atoms with E-state index < -0.39 is 0 Å². The van der Waals surface area contributed by atoms with Crippen molar-refractivity contribution in [2.75, 3.05) is 6.26 Å². The molecule has 1 N–H and O–H groups in total. The molecule has 0 aromatic carbocycles. The Hall–Kier alpha value is -0.360. The smallest absolute Gasteiger partial charge is 0.238 e. The van der Waals surface area contributed by atoms with Crippen LogP contribution in [0.3, 0.4) is 0 Å². The molecule has 1 aromatic rings. The van der Waals surface area contributed by atoms with Crippen molar-refractivity contribution in [2.24, 2.45) is 0 Å². The normalized spacial score (nSPS) is 11.9. The van der Waals surface area contributed by atoms with Crippen molar-refractivity contribution in [1.82, 2.24) is 20.2 Å². The predicted molar refractivity (Wildman–Crippen MR) is 52.8 cm³/mol. The highest BCUT2D eigenvalue weighted by Crippen LogP contribution is 2.22. The number of hydrogen-bond donors (Lipinski definition) is 1. The minimum atomic E-state index is 0.159. The lowest BCUT2D eigenvalue weighted by molar-refractivity contribution is 0.502. The standard InChI is InChI=1S/C6H12N4S2/c1-6(2,12-3)4-10-5(11)7-8-9-10/h4H2,1-3H3,(H,7,9,11). The molecule has 0 unspecified atom stereocenters. The molecule has 0 aliphatic rings. The van der Waals surface area contributed by atoms with Crippen molar-refractivity contribution in [3.8, 4) is 0 Å². The maximum absolute atomic E-state index is 4.95. The third kappa shape index (κ3) is 2.31. The molecule has 0 aliphatic carbocycles. The zero-order valence-corrected chi connectivity index (χ0v) is 9.00. The summed E-state index contributed by atoms with van der Waals surface area (Å²) in [4.78, 5) is 0. The predicted octanol–water partition coefficient (Wildman–Crippen LogP) is 1.48. The van der Waals surface area contributed by atoms with E-state index in [9.17, 15) is 0 Å². The topological polar surface area (TPSA) is 46.5 Å². The minimum Gasteiger partial charge on any atom is -0.241 e. The summed E-state index contributed by atoms with van der Waals surface area (Å²) in [7, 11) is 0. The lowest BCUT2D eigenvalue weighted by atomic mass is 10.2. The van der Waals surface area contributed by atoms with Crippen LogP contribution in [0.4, 0.5) is 0 Å². The van der Waals surface area contributed by atoms with Crippen LogP contribution in [0.15, 0.2) is 0 Å². The first kappa shape index (κ1) is 9.73. The van der Waals surface area contributed by atoms with E-state index in [-0.39, 0.29) is 4.75 Å². The third-order valence-electron chi connectivity index (χ3n) is 1.62. The zero-order chi connectivity index (χ0) is 9.19. The zero-order valence-electron chi connectivity index (χ0n) is 7.37. The summed E-state index contributed by atoms with van der Waals surface area (Å²) in [5.74, 6) is 0. The minimum absolute atomic E-state index is 0.159. The number of H-pyrrole nitrogens is 1. The highest BCUT2D eigenvalue weighted by atomic mass is 32.2. The van der Waals surface area contributed by atoms with Crippen LogP contribution in [0.5, 0.6) is 0 Å². The second-order valence-corrected chi connectivity index (χ2v) is 5.01. The van der Waals surface area contributed by atoms with Crippen LogP contribution < -0.4 is 0 Å². The number of rotatable bonds is 3. The Bertz CT molecular complexity index is 300. The van der Waals surface area contributed by atoms with Gasteiger partial charge in [-0.2, -0.15) is 17.0 Å². The Morgan fingerprint density at radius 1 is 1.67 bits per heavy atom. The molecule has 0 bridgehead atoms. The van der Waals surface area contributed by atoms with E-state index >= 15 is 0 Å². The summed E-state index contributed by atoms with van der Waals surface area (Å²) in [6.07, 6.45) is 2.08. The summed E-state index contributed by atoms with van der Waals surface area (Å²) < 4.78 is 2.44. The number of aromatic amines is 1. The molecule has 6 heteroatoms. The van der Waals surface area contributed by atoms with Crippen LogP contribution in [0, 0.1) is 4.77 Å². The molecule has 68 valence electrons. The average Bonchev–Trinajstić information content (AvgIpc) is 2.36. The van der Waals surface area contributed by atoms with Gasteiger partial charge in [0.05, 0.1) is 6.54 Å². The van der Waals surface area contributed by atoms with Crippen LogP contribution in [0.2, 0.25) is 0 Å². The number of tetrazole rings is 1. The molecule has 0 saturated heterocycles. The fourth-order valence-corrected chi connectivity index (χ4v) is 1.17. The summed E-state index contributed by atoms with van der Waals surface area (Å²) in [6, 6.07) is 0. The number of nitrogens with zero attached hydrogens (tertiary/aromatic N) is 3. The van der Waals surface area contributed by atoms with Crippen LogP contribution in [-0.2, 0) is 6.54 Å². The maximum Gasteiger partial charge on any atom is 0.238 e. The first-order chi connectivity index (χ1) is 5.55. The summed E-state index contributed by atoms with van der Waals surface area (Å²) in [5.41, 5.74) is 0. The Kier molecular flexibility index (Phi) is 2.89. The van der Waals surface area contributed by atoms with Gasteiger partial charge in [-0.3, -0.25) is 0 Å². The van der Waals surface area contributed by atoms with E-state index in [4.69, 9.17) is 12.2 Å². The lowest BCUT2D eigenvalue weighted by Gasteiger charge is -2.21. The van der Waals surface area contributed by atoms with E-state index in [0.717, 1.165) is 6.54 Å². The molecular formula is C6H12N4S2. The maximum atomic E-state index is 4.95. The van der Waals surface area contributed by atoms with E-state index in [1.165, 1.54) is 0 Å².